The highest BCUT2D eigenvalue weighted by atomic mass is 16.5. The summed E-state index contributed by atoms with van der Waals surface area (Å²) in [6.45, 7) is 2.46. The third-order valence-corrected chi connectivity index (χ3v) is 7.49. The Hall–Kier alpha value is -3.67. The van der Waals surface area contributed by atoms with Crippen LogP contribution in [0.3, 0.4) is 0 Å². The zero-order chi connectivity index (χ0) is 22.6. The lowest BCUT2D eigenvalue weighted by molar-refractivity contribution is -0.113. The maximum atomic E-state index is 11.2. The molecule has 2 saturated heterocycles. The van der Waals surface area contributed by atoms with E-state index in [1.807, 2.05) is 19.2 Å². The number of nitriles is 1. The largest absolute Gasteiger partial charge is 0.492 e. The van der Waals surface area contributed by atoms with Crippen molar-refractivity contribution in [2.24, 2.45) is 5.92 Å². The van der Waals surface area contributed by atoms with E-state index < -0.39 is 0 Å². The van der Waals surface area contributed by atoms with Crippen LogP contribution < -0.4 is 15.0 Å². The van der Waals surface area contributed by atoms with Crippen molar-refractivity contribution in [3.63, 3.8) is 0 Å². The Balaban J connectivity index is 1.35. The lowest BCUT2D eigenvalue weighted by atomic mass is 9.59. The molecule has 1 N–H and O–H groups in total. The minimum Gasteiger partial charge on any atom is -0.492 e. The predicted molar refractivity (Wildman–Crippen MR) is 121 cm³/mol. The maximum Gasteiger partial charge on any atom is 0.207 e. The molecule has 4 aliphatic rings. The van der Waals surface area contributed by atoms with Crippen LogP contribution in [0.25, 0.3) is 16.8 Å². The summed E-state index contributed by atoms with van der Waals surface area (Å²) < 4.78 is 7.36. The molecular formula is C24H25N7O2. The van der Waals surface area contributed by atoms with Crippen LogP contribution in [0.4, 0.5) is 5.82 Å². The molecule has 9 heteroatoms. The number of nitrogens with one attached hydrogen (secondary N) is 1. The van der Waals surface area contributed by atoms with Crippen molar-refractivity contribution in [2.75, 3.05) is 11.5 Å². The standard InChI is InChI=1S/C24H25N7O2/c1-2-33-19-5-20(23-16(9-25)10-29-30(23)13-19)21-11-27-22(12-26-21)31-17-3-15-4-18(31)8-24(6-15,7-17)28-14-32/h5,10-15,17-18H,2-4,6-8H2,1H3,(H,28,32)/t15?,17-,18+,24?. The van der Waals surface area contributed by atoms with Crippen molar-refractivity contribution in [1.29, 1.82) is 5.26 Å². The minimum atomic E-state index is -0.0524. The smallest absolute Gasteiger partial charge is 0.207 e. The molecule has 2 saturated carbocycles. The highest BCUT2D eigenvalue weighted by molar-refractivity contribution is 5.83. The first-order chi connectivity index (χ1) is 16.1. The summed E-state index contributed by atoms with van der Waals surface area (Å²) in [4.78, 5) is 23.2. The number of carbonyl (C=O) groups excluding carboxylic acids is 1. The van der Waals surface area contributed by atoms with E-state index in [4.69, 9.17) is 14.7 Å². The number of anilines is 1. The lowest BCUT2D eigenvalue weighted by Gasteiger charge is -2.61. The first-order valence-electron chi connectivity index (χ1n) is 11.5. The second-order valence-corrected chi connectivity index (χ2v) is 9.45. The van der Waals surface area contributed by atoms with Gasteiger partial charge in [-0.3, -0.25) is 9.78 Å². The van der Waals surface area contributed by atoms with E-state index in [9.17, 15) is 10.1 Å². The molecule has 0 aromatic carbocycles. The van der Waals surface area contributed by atoms with Gasteiger partial charge in [-0.2, -0.15) is 10.4 Å². The molecule has 4 atom stereocenters. The van der Waals surface area contributed by atoms with Crippen LogP contribution in [-0.2, 0) is 4.79 Å². The van der Waals surface area contributed by atoms with Crippen LogP contribution in [0.2, 0.25) is 0 Å². The van der Waals surface area contributed by atoms with Gasteiger partial charge in [0.25, 0.3) is 0 Å². The van der Waals surface area contributed by atoms with Crippen molar-refractivity contribution in [2.45, 2.75) is 56.7 Å². The van der Waals surface area contributed by atoms with E-state index in [1.165, 1.54) is 0 Å². The number of hydrogen-bond donors (Lipinski definition) is 1. The molecular weight excluding hydrogens is 418 g/mol. The van der Waals surface area contributed by atoms with E-state index >= 15 is 0 Å². The number of hydrogen-bond acceptors (Lipinski definition) is 7. The number of amides is 1. The van der Waals surface area contributed by atoms with Gasteiger partial charge in [0.2, 0.25) is 6.41 Å². The van der Waals surface area contributed by atoms with E-state index in [1.54, 1.807) is 23.1 Å². The highest BCUT2D eigenvalue weighted by Crippen LogP contribution is 2.52. The van der Waals surface area contributed by atoms with Crippen molar-refractivity contribution in [1.82, 2.24) is 24.9 Å². The molecule has 0 spiro atoms. The molecule has 7 rings (SSSR count). The van der Waals surface area contributed by atoms with E-state index in [0.29, 0.717) is 47.1 Å². The van der Waals surface area contributed by atoms with Crippen LogP contribution in [0, 0.1) is 17.2 Å². The number of carbonyl (C=O) groups is 1. The van der Waals surface area contributed by atoms with E-state index in [-0.39, 0.29) is 5.54 Å². The quantitative estimate of drug-likeness (QED) is 0.584. The molecule has 5 heterocycles. The zero-order valence-corrected chi connectivity index (χ0v) is 18.4. The molecule has 33 heavy (non-hydrogen) atoms. The van der Waals surface area contributed by atoms with Gasteiger partial charge in [0.1, 0.15) is 17.6 Å². The average Bonchev–Trinajstić information content (AvgIpc) is 3.22. The second kappa shape index (κ2) is 7.44. The van der Waals surface area contributed by atoms with Crippen LogP contribution in [0.1, 0.15) is 44.6 Å². The molecule has 2 aliphatic heterocycles. The summed E-state index contributed by atoms with van der Waals surface area (Å²) in [6.07, 6.45) is 13.1. The Kier molecular flexibility index (Phi) is 4.50. The molecule has 9 nitrogen and oxygen atoms in total. The number of nitrogens with zero attached hydrogens (tertiary/aromatic N) is 6. The Morgan fingerprint density at radius 3 is 2.73 bits per heavy atom. The molecule has 2 unspecified atom stereocenters. The predicted octanol–water partition coefficient (Wildman–Crippen LogP) is 2.70. The molecule has 4 bridgehead atoms. The molecule has 2 aliphatic carbocycles. The number of rotatable bonds is 6. The van der Waals surface area contributed by atoms with Gasteiger partial charge in [0.05, 0.1) is 48.2 Å². The first kappa shape index (κ1) is 20.0. The van der Waals surface area contributed by atoms with E-state index in [0.717, 1.165) is 49.9 Å². The zero-order valence-electron chi connectivity index (χ0n) is 18.4. The number of piperidine rings is 2. The summed E-state index contributed by atoms with van der Waals surface area (Å²) in [7, 11) is 0. The van der Waals surface area contributed by atoms with Gasteiger partial charge in [0, 0.05) is 23.2 Å². The Bertz CT molecular complexity index is 1250. The summed E-state index contributed by atoms with van der Waals surface area (Å²) >= 11 is 0. The van der Waals surface area contributed by atoms with Crippen molar-refractivity contribution < 1.29 is 9.53 Å². The SMILES string of the molecule is CCOc1cc(-c2cnc(N3[C@@H]4CC5C[C@H]3CC(NC=O)(C5)C4)cn2)c2c(C#N)cnn2c1. The maximum absolute atomic E-state index is 11.2. The van der Waals surface area contributed by atoms with Gasteiger partial charge in [-0.25, -0.2) is 9.50 Å². The Morgan fingerprint density at radius 1 is 1.24 bits per heavy atom. The molecule has 3 aromatic rings. The first-order valence-corrected chi connectivity index (χ1v) is 11.5. The molecule has 4 fully saturated rings. The summed E-state index contributed by atoms with van der Waals surface area (Å²) in [5.41, 5.74) is 2.56. The van der Waals surface area contributed by atoms with Crippen molar-refractivity contribution in [3.05, 3.63) is 36.4 Å². The van der Waals surface area contributed by atoms with Crippen LogP contribution in [-0.4, -0.2) is 50.2 Å². The molecule has 168 valence electrons. The van der Waals surface area contributed by atoms with E-state index in [2.05, 4.69) is 21.4 Å². The fourth-order valence-electron chi connectivity index (χ4n) is 6.51. The molecule has 0 radical (unpaired) electrons. The lowest BCUT2D eigenvalue weighted by Crippen LogP contribution is -2.68. The summed E-state index contributed by atoms with van der Waals surface area (Å²) in [5.74, 6) is 2.20. The molecule has 3 aromatic heterocycles. The number of ether oxygens (including phenoxy) is 1. The fraction of sp³-hybridized carbons (Fsp3) is 0.458. The third kappa shape index (κ3) is 3.12. The van der Waals surface area contributed by atoms with Gasteiger partial charge >= 0.3 is 0 Å². The van der Waals surface area contributed by atoms with Gasteiger partial charge in [0.15, 0.2) is 0 Å². The monoisotopic (exact) mass is 443 g/mol. The topological polar surface area (TPSA) is 108 Å². The second-order valence-electron chi connectivity index (χ2n) is 9.45. The van der Waals surface area contributed by atoms with Crippen molar-refractivity contribution in [3.8, 4) is 23.1 Å². The highest BCUT2D eigenvalue weighted by Gasteiger charge is 2.54. The van der Waals surface area contributed by atoms with Crippen LogP contribution in [0.5, 0.6) is 5.75 Å². The summed E-state index contributed by atoms with van der Waals surface area (Å²) in [5, 5.41) is 17.0. The average molecular weight is 444 g/mol. The van der Waals surface area contributed by atoms with Crippen LogP contribution in [0.15, 0.2) is 30.9 Å². The van der Waals surface area contributed by atoms with Crippen LogP contribution >= 0.6 is 0 Å². The van der Waals surface area contributed by atoms with Gasteiger partial charge in [-0.1, -0.05) is 0 Å². The number of pyridine rings is 1. The van der Waals surface area contributed by atoms with Gasteiger partial charge in [-0.15, -0.1) is 0 Å². The van der Waals surface area contributed by atoms with Gasteiger partial charge in [-0.05, 0) is 51.0 Å². The number of fused-ring (bicyclic) bond motifs is 1. The van der Waals surface area contributed by atoms with Gasteiger partial charge < -0.3 is 15.0 Å². The number of aromatic nitrogens is 4. The Morgan fingerprint density at radius 2 is 2.06 bits per heavy atom. The van der Waals surface area contributed by atoms with Crippen molar-refractivity contribution >= 4 is 17.7 Å². The minimum absolute atomic E-state index is 0.0524. The Labute approximate surface area is 191 Å². The molecule has 1 amide bonds. The normalized spacial score (nSPS) is 27.5. The third-order valence-electron chi connectivity index (χ3n) is 7.49. The fourth-order valence-corrected chi connectivity index (χ4v) is 6.51. The summed E-state index contributed by atoms with van der Waals surface area (Å²) in [6, 6.07) is 4.85.